The summed E-state index contributed by atoms with van der Waals surface area (Å²) < 4.78 is 25.2. The van der Waals surface area contributed by atoms with Crippen LogP contribution in [0.4, 0.5) is 5.69 Å². The summed E-state index contributed by atoms with van der Waals surface area (Å²) >= 11 is 0. The van der Waals surface area contributed by atoms with E-state index in [1.165, 1.54) is 4.31 Å². The third-order valence-corrected chi connectivity index (χ3v) is 4.54. The predicted octanol–water partition coefficient (Wildman–Crippen LogP) is 1.69. The zero-order chi connectivity index (χ0) is 13.1. The van der Waals surface area contributed by atoms with Gasteiger partial charge in [-0.05, 0) is 23.6 Å². The van der Waals surface area contributed by atoms with Gasteiger partial charge in [0.25, 0.3) is 0 Å². The number of anilines is 1. The van der Waals surface area contributed by atoms with Gasteiger partial charge in [-0.3, -0.25) is 0 Å². The van der Waals surface area contributed by atoms with Crippen molar-refractivity contribution in [2.24, 2.45) is 5.92 Å². The molecule has 96 valence electrons. The first-order valence-corrected chi connectivity index (χ1v) is 7.20. The molecule has 0 heterocycles. The summed E-state index contributed by atoms with van der Waals surface area (Å²) in [6.07, 6.45) is 0. The Morgan fingerprint density at radius 2 is 2.00 bits per heavy atom. The zero-order valence-electron chi connectivity index (χ0n) is 10.6. The van der Waals surface area contributed by atoms with Crippen molar-refractivity contribution in [2.75, 3.05) is 18.5 Å². The summed E-state index contributed by atoms with van der Waals surface area (Å²) in [6, 6.07) is 7.28. The predicted molar refractivity (Wildman–Crippen MR) is 70.9 cm³/mol. The van der Waals surface area contributed by atoms with E-state index >= 15 is 0 Å². The average Bonchev–Trinajstić information content (AvgIpc) is 2.15. The van der Waals surface area contributed by atoms with Crippen LogP contribution in [0.1, 0.15) is 19.4 Å². The molecule has 0 aliphatic heterocycles. The topological polar surface area (TPSA) is 63.4 Å². The highest BCUT2D eigenvalue weighted by Crippen LogP contribution is 2.12. The fourth-order valence-corrected chi connectivity index (χ4v) is 3.04. The molecule has 4 nitrogen and oxygen atoms in total. The van der Waals surface area contributed by atoms with Crippen LogP contribution in [-0.2, 0) is 16.6 Å². The van der Waals surface area contributed by atoms with Crippen molar-refractivity contribution in [3.8, 4) is 0 Å². The van der Waals surface area contributed by atoms with E-state index in [-0.39, 0.29) is 11.7 Å². The smallest absolute Gasteiger partial charge is 0.214 e. The van der Waals surface area contributed by atoms with E-state index < -0.39 is 10.0 Å². The highest BCUT2D eigenvalue weighted by molar-refractivity contribution is 7.89. The lowest BCUT2D eigenvalue weighted by molar-refractivity contribution is 0.460. The van der Waals surface area contributed by atoms with Crippen LogP contribution in [-0.4, -0.2) is 25.5 Å². The zero-order valence-corrected chi connectivity index (χ0v) is 11.4. The molecule has 2 N–H and O–H groups in total. The Labute approximate surface area is 103 Å². The maximum absolute atomic E-state index is 11.9. The quantitative estimate of drug-likeness (QED) is 0.815. The lowest BCUT2D eigenvalue weighted by Crippen LogP contribution is -2.30. The van der Waals surface area contributed by atoms with Crippen LogP contribution in [0.15, 0.2) is 24.3 Å². The Morgan fingerprint density at radius 1 is 1.35 bits per heavy atom. The highest BCUT2D eigenvalue weighted by atomic mass is 32.2. The van der Waals surface area contributed by atoms with E-state index in [1.807, 2.05) is 26.0 Å². The van der Waals surface area contributed by atoms with Crippen molar-refractivity contribution in [1.29, 1.82) is 0 Å². The van der Waals surface area contributed by atoms with Gasteiger partial charge >= 0.3 is 0 Å². The molecule has 0 atom stereocenters. The molecule has 0 unspecified atom stereocenters. The van der Waals surface area contributed by atoms with Gasteiger partial charge in [0.05, 0.1) is 5.75 Å². The monoisotopic (exact) mass is 256 g/mol. The number of rotatable bonds is 5. The molecular formula is C12H20N2O2S. The SMILES string of the molecule is CC(C)CS(=O)(=O)N(C)Cc1cccc(N)c1. The highest BCUT2D eigenvalue weighted by Gasteiger charge is 2.19. The van der Waals surface area contributed by atoms with Crippen molar-refractivity contribution in [3.63, 3.8) is 0 Å². The summed E-state index contributed by atoms with van der Waals surface area (Å²) in [7, 11) is -1.58. The molecule has 1 rings (SSSR count). The molecule has 0 spiro atoms. The third kappa shape index (κ3) is 4.36. The number of sulfonamides is 1. The Balaban J connectivity index is 2.75. The summed E-state index contributed by atoms with van der Waals surface area (Å²) in [5.41, 5.74) is 7.21. The maximum Gasteiger partial charge on any atom is 0.214 e. The summed E-state index contributed by atoms with van der Waals surface area (Å²) in [4.78, 5) is 0. The van der Waals surface area contributed by atoms with E-state index in [2.05, 4.69) is 0 Å². The van der Waals surface area contributed by atoms with E-state index in [0.29, 0.717) is 12.2 Å². The minimum absolute atomic E-state index is 0.128. The standard InChI is InChI=1S/C12H20N2O2S/c1-10(2)9-17(15,16)14(3)8-11-5-4-6-12(13)7-11/h4-7,10H,8-9,13H2,1-3H3. The van der Waals surface area contributed by atoms with Crippen LogP contribution >= 0.6 is 0 Å². The Bertz CT molecular complexity index is 469. The summed E-state index contributed by atoms with van der Waals surface area (Å²) in [5, 5.41) is 0. The first kappa shape index (κ1) is 14.0. The van der Waals surface area contributed by atoms with Crippen LogP contribution in [0, 0.1) is 5.92 Å². The molecule has 0 aliphatic carbocycles. The first-order chi connectivity index (χ1) is 7.81. The second-order valence-corrected chi connectivity index (χ2v) is 6.79. The maximum atomic E-state index is 11.9. The molecule has 0 aromatic heterocycles. The minimum atomic E-state index is -3.18. The van der Waals surface area contributed by atoms with Gasteiger partial charge in [0.1, 0.15) is 0 Å². The average molecular weight is 256 g/mol. The number of nitrogens with two attached hydrogens (primary N) is 1. The van der Waals surface area contributed by atoms with Crippen molar-refractivity contribution in [3.05, 3.63) is 29.8 Å². The van der Waals surface area contributed by atoms with Crippen molar-refractivity contribution >= 4 is 15.7 Å². The van der Waals surface area contributed by atoms with Crippen molar-refractivity contribution < 1.29 is 8.42 Å². The van der Waals surface area contributed by atoms with Gasteiger partial charge < -0.3 is 5.73 Å². The van der Waals surface area contributed by atoms with Gasteiger partial charge in [0.2, 0.25) is 10.0 Å². The third-order valence-electron chi connectivity index (χ3n) is 2.38. The fourth-order valence-electron chi connectivity index (χ4n) is 1.60. The van der Waals surface area contributed by atoms with Gasteiger partial charge in [-0.25, -0.2) is 12.7 Å². The van der Waals surface area contributed by atoms with Crippen LogP contribution in [0.3, 0.4) is 0 Å². The molecule has 0 aliphatic rings. The van der Waals surface area contributed by atoms with E-state index in [1.54, 1.807) is 19.2 Å². The molecule has 0 radical (unpaired) electrons. The lowest BCUT2D eigenvalue weighted by atomic mass is 10.2. The van der Waals surface area contributed by atoms with Gasteiger partial charge in [0, 0.05) is 19.3 Å². The molecule has 5 heteroatoms. The van der Waals surface area contributed by atoms with Crippen LogP contribution in [0.25, 0.3) is 0 Å². The normalized spacial score (nSPS) is 12.3. The van der Waals surface area contributed by atoms with Crippen molar-refractivity contribution in [1.82, 2.24) is 4.31 Å². The van der Waals surface area contributed by atoms with E-state index in [9.17, 15) is 8.42 Å². The molecule has 1 aromatic rings. The number of benzene rings is 1. The molecule has 0 saturated heterocycles. The molecule has 1 aromatic carbocycles. The van der Waals surface area contributed by atoms with Crippen LogP contribution in [0.5, 0.6) is 0 Å². The number of hydrogen-bond donors (Lipinski definition) is 1. The first-order valence-electron chi connectivity index (χ1n) is 5.59. The van der Waals surface area contributed by atoms with Gasteiger partial charge in [-0.2, -0.15) is 0 Å². The van der Waals surface area contributed by atoms with Crippen LogP contribution < -0.4 is 5.73 Å². The molecule has 0 bridgehead atoms. The molecular weight excluding hydrogens is 236 g/mol. The molecule has 0 saturated carbocycles. The van der Waals surface area contributed by atoms with Gasteiger partial charge in [-0.1, -0.05) is 26.0 Å². The van der Waals surface area contributed by atoms with Gasteiger partial charge in [0.15, 0.2) is 0 Å². The largest absolute Gasteiger partial charge is 0.399 e. The number of hydrogen-bond acceptors (Lipinski definition) is 3. The number of nitrogens with zero attached hydrogens (tertiary/aromatic N) is 1. The van der Waals surface area contributed by atoms with Gasteiger partial charge in [-0.15, -0.1) is 0 Å². The minimum Gasteiger partial charge on any atom is -0.399 e. The van der Waals surface area contributed by atoms with E-state index in [4.69, 9.17) is 5.73 Å². The Morgan fingerprint density at radius 3 is 2.53 bits per heavy atom. The lowest BCUT2D eigenvalue weighted by Gasteiger charge is -2.18. The van der Waals surface area contributed by atoms with E-state index in [0.717, 1.165) is 5.56 Å². The second kappa shape index (κ2) is 5.51. The molecule has 0 fully saturated rings. The summed E-state index contributed by atoms with van der Waals surface area (Å²) in [5.74, 6) is 0.300. The number of nitrogen functional groups attached to an aromatic ring is 1. The van der Waals surface area contributed by atoms with Crippen LogP contribution in [0.2, 0.25) is 0 Å². The second-order valence-electron chi connectivity index (χ2n) is 4.67. The summed E-state index contributed by atoms with van der Waals surface area (Å²) in [6.45, 7) is 4.15. The molecule has 0 amide bonds. The van der Waals surface area contributed by atoms with Crippen molar-refractivity contribution in [2.45, 2.75) is 20.4 Å². The molecule has 17 heavy (non-hydrogen) atoms. The fraction of sp³-hybridized carbons (Fsp3) is 0.500. The Hall–Kier alpha value is -1.07. The Kier molecular flexibility index (Phi) is 4.54.